The highest BCUT2D eigenvalue weighted by atomic mass is 16.5. The van der Waals surface area contributed by atoms with Gasteiger partial charge in [0.25, 0.3) is 0 Å². The summed E-state index contributed by atoms with van der Waals surface area (Å²) in [6.07, 6.45) is 0.778. The van der Waals surface area contributed by atoms with Crippen molar-refractivity contribution in [2.24, 2.45) is 0 Å². The standard InChI is InChI=1S/C25H41N3O12/c1-6-23(35)38-15-12-27(4,18-21(31)32)10-8-25(37)40-16-13-28(5,19-22(33)34)9-7-24(36)39-14-11-26(2,3)17-20(29)30/h6H,1,7-19H2,2-5H3/p+3. The highest BCUT2D eigenvalue weighted by Crippen LogP contribution is 2.08. The lowest BCUT2D eigenvalue weighted by Crippen LogP contribution is -2.51. The van der Waals surface area contributed by atoms with Crippen LogP contribution in [0.25, 0.3) is 0 Å². The van der Waals surface area contributed by atoms with Gasteiger partial charge in [0.1, 0.15) is 39.5 Å². The molecule has 2 unspecified atom stereocenters. The van der Waals surface area contributed by atoms with Crippen LogP contribution in [0.4, 0.5) is 0 Å². The van der Waals surface area contributed by atoms with E-state index in [-0.39, 0.29) is 91.9 Å². The zero-order valence-electron chi connectivity index (χ0n) is 23.8. The molecule has 0 bridgehead atoms. The molecule has 0 aliphatic rings. The second-order valence-electron chi connectivity index (χ2n) is 10.8. The summed E-state index contributed by atoms with van der Waals surface area (Å²) >= 11 is 0. The van der Waals surface area contributed by atoms with E-state index < -0.39 is 35.8 Å². The molecule has 0 heterocycles. The maximum absolute atomic E-state index is 12.3. The van der Waals surface area contributed by atoms with E-state index in [0.29, 0.717) is 6.54 Å². The Bertz CT molecular complexity index is 923. The lowest BCUT2D eigenvalue weighted by molar-refractivity contribution is -0.902. The van der Waals surface area contributed by atoms with Gasteiger partial charge in [-0.25, -0.2) is 19.2 Å². The van der Waals surface area contributed by atoms with Crippen LogP contribution >= 0.6 is 0 Å². The van der Waals surface area contributed by atoms with Crippen molar-refractivity contribution in [1.29, 1.82) is 0 Å². The van der Waals surface area contributed by atoms with E-state index in [1.165, 1.54) is 0 Å². The van der Waals surface area contributed by atoms with Crippen molar-refractivity contribution in [2.75, 3.05) is 100 Å². The molecule has 0 aromatic carbocycles. The molecule has 0 rings (SSSR count). The van der Waals surface area contributed by atoms with Gasteiger partial charge < -0.3 is 43.0 Å². The molecular weight excluding hydrogens is 534 g/mol. The SMILES string of the molecule is C=CC(=O)OCC[N+](C)(CCC(=O)OCC[N+](C)(CCC(=O)OCC[N+](C)(C)CC(=O)O)CC(=O)O)CC(=O)O. The molecule has 0 aliphatic carbocycles. The molecule has 228 valence electrons. The normalized spacial score (nSPS) is 14.2. The fourth-order valence-electron chi connectivity index (χ4n) is 3.72. The number of esters is 3. The highest BCUT2D eigenvalue weighted by molar-refractivity contribution is 5.81. The van der Waals surface area contributed by atoms with E-state index in [4.69, 9.17) is 19.3 Å². The Morgan fingerprint density at radius 1 is 0.600 bits per heavy atom. The summed E-state index contributed by atoms with van der Waals surface area (Å²) in [6, 6.07) is 0. The molecule has 3 N–H and O–H groups in total. The molecule has 2 atom stereocenters. The zero-order chi connectivity index (χ0) is 31.0. The number of ether oxygens (including phenoxy) is 3. The number of quaternary nitrogens is 3. The predicted molar refractivity (Wildman–Crippen MR) is 139 cm³/mol. The Morgan fingerprint density at radius 2 is 0.975 bits per heavy atom. The van der Waals surface area contributed by atoms with Crippen LogP contribution < -0.4 is 0 Å². The van der Waals surface area contributed by atoms with Crippen LogP contribution in [0.3, 0.4) is 0 Å². The van der Waals surface area contributed by atoms with E-state index in [0.717, 1.165) is 6.08 Å². The summed E-state index contributed by atoms with van der Waals surface area (Å²) < 4.78 is 15.3. The van der Waals surface area contributed by atoms with E-state index in [9.17, 15) is 39.0 Å². The number of nitrogens with zero attached hydrogens (tertiary/aromatic N) is 3. The fraction of sp³-hybridized carbons (Fsp3) is 0.680. The first kappa shape index (κ1) is 36.4. The van der Waals surface area contributed by atoms with Gasteiger partial charge in [0.15, 0.2) is 19.6 Å². The summed E-state index contributed by atoms with van der Waals surface area (Å²) in [7, 11) is 6.59. The topological polar surface area (TPSA) is 191 Å². The van der Waals surface area contributed by atoms with Crippen molar-refractivity contribution in [3.8, 4) is 0 Å². The van der Waals surface area contributed by atoms with Gasteiger partial charge in [0.2, 0.25) is 0 Å². The lowest BCUT2D eigenvalue weighted by atomic mass is 10.3. The molecular formula is C25H44N3O12+3. The molecule has 40 heavy (non-hydrogen) atoms. The van der Waals surface area contributed by atoms with Gasteiger partial charge in [0, 0.05) is 6.08 Å². The van der Waals surface area contributed by atoms with E-state index in [1.54, 1.807) is 28.2 Å². The summed E-state index contributed by atoms with van der Waals surface area (Å²) in [6.45, 7) is 3.09. The van der Waals surface area contributed by atoms with Crippen LogP contribution in [-0.2, 0) is 43.0 Å². The Morgan fingerprint density at radius 3 is 1.35 bits per heavy atom. The van der Waals surface area contributed by atoms with Gasteiger partial charge in [-0.2, -0.15) is 0 Å². The Kier molecular flexibility index (Phi) is 15.7. The van der Waals surface area contributed by atoms with Gasteiger partial charge in [-0.3, -0.25) is 9.59 Å². The average Bonchev–Trinajstić information content (AvgIpc) is 2.79. The summed E-state index contributed by atoms with van der Waals surface area (Å²) in [5.74, 6) is -4.98. The van der Waals surface area contributed by atoms with Crippen molar-refractivity contribution >= 4 is 35.8 Å². The smallest absolute Gasteiger partial charge is 0.359 e. The minimum atomic E-state index is -1.10. The minimum Gasteiger partial charge on any atom is -0.477 e. The van der Waals surface area contributed by atoms with Gasteiger partial charge in [-0.05, 0) is 0 Å². The number of carboxylic acid groups (broad SMARTS) is 3. The number of hydrogen-bond acceptors (Lipinski definition) is 9. The molecule has 0 saturated heterocycles. The van der Waals surface area contributed by atoms with Crippen LogP contribution in [0.5, 0.6) is 0 Å². The minimum absolute atomic E-state index is 0.00929. The molecule has 0 fully saturated rings. The molecule has 0 saturated carbocycles. The summed E-state index contributed by atoms with van der Waals surface area (Å²) in [4.78, 5) is 69.3. The molecule has 0 spiro atoms. The lowest BCUT2D eigenvalue weighted by Gasteiger charge is -2.33. The number of carbonyl (C=O) groups excluding carboxylic acids is 3. The Balaban J connectivity index is 4.78. The van der Waals surface area contributed by atoms with Crippen molar-refractivity contribution in [1.82, 2.24) is 0 Å². The molecule has 0 amide bonds. The van der Waals surface area contributed by atoms with Crippen molar-refractivity contribution in [2.45, 2.75) is 12.8 Å². The van der Waals surface area contributed by atoms with Gasteiger partial charge in [0.05, 0.1) is 54.1 Å². The van der Waals surface area contributed by atoms with Crippen LogP contribution in [0.1, 0.15) is 12.8 Å². The Labute approximate surface area is 233 Å². The van der Waals surface area contributed by atoms with Crippen molar-refractivity contribution in [3.05, 3.63) is 12.7 Å². The molecule has 0 aromatic rings. The number of carbonyl (C=O) groups is 6. The number of rotatable bonds is 22. The van der Waals surface area contributed by atoms with Gasteiger partial charge in [-0.15, -0.1) is 0 Å². The Hall–Kier alpha value is -3.56. The van der Waals surface area contributed by atoms with E-state index >= 15 is 0 Å². The second-order valence-corrected chi connectivity index (χ2v) is 10.8. The first-order valence-electron chi connectivity index (χ1n) is 12.7. The van der Waals surface area contributed by atoms with Crippen LogP contribution in [0.15, 0.2) is 12.7 Å². The quantitative estimate of drug-likeness (QED) is 0.0603. The zero-order valence-corrected chi connectivity index (χ0v) is 23.8. The molecule has 15 heteroatoms. The van der Waals surface area contributed by atoms with Crippen molar-refractivity contribution < 1.29 is 71.7 Å². The third-order valence-electron chi connectivity index (χ3n) is 6.20. The molecule has 0 aliphatic heterocycles. The third kappa shape index (κ3) is 17.9. The highest BCUT2D eigenvalue weighted by Gasteiger charge is 2.29. The van der Waals surface area contributed by atoms with Crippen LogP contribution in [-0.4, -0.2) is 165 Å². The third-order valence-corrected chi connectivity index (χ3v) is 6.20. The molecule has 0 radical (unpaired) electrons. The van der Waals surface area contributed by atoms with Crippen molar-refractivity contribution in [3.63, 3.8) is 0 Å². The fourth-order valence-corrected chi connectivity index (χ4v) is 3.72. The number of aliphatic carboxylic acids is 3. The number of likely N-dealkylation sites (N-methyl/N-ethyl adjacent to an activating group) is 3. The van der Waals surface area contributed by atoms with Crippen LogP contribution in [0.2, 0.25) is 0 Å². The second kappa shape index (κ2) is 17.2. The van der Waals surface area contributed by atoms with Crippen LogP contribution in [0, 0.1) is 0 Å². The van der Waals surface area contributed by atoms with Gasteiger partial charge >= 0.3 is 35.8 Å². The maximum atomic E-state index is 12.3. The average molecular weight is 579 g/mol. The molecule has 15 nitrogen and oxygen atoms in total. The summed E-state index contributed by atoms with van der Waals surface area (Å²) in [5, 5.41) is 27.4. The largest absolute Gasteiger partial charge is 0.477 e. The van der Waals surface area contributed by atoms with E-state index in [1.807, 2.05) is 0 Å². The number of hydrogen-bond donors (Lipinski definition) is 3. The molecule has 0 aromatic heterocycles. The number of carboxylic acids is 3. The predicted octanol–water partition coefficient (Wildman–Crippen LogP) is -1.19. The maximum Gasteiger partial charge on any atom is 0.359 e. The first-order valence-corrected chi connectivity index (χ1v) is 12.7. The van der Waals surface area contributed by atoms with Gasteiger partial charge in [-0.1, -0.05) is 6.58 Å². The van der Waals surface area contributed by atoms with E-state index in [2.05, 4.69) is 6.58 Å². The summed E-state index contributed by atoms with van der Waals surface area (Å²) in [5.41, 5.74) is 0. The first-order chi connectivity index (χ1) is 18.4. The monoisotopic (exact) mass is 578 g/mol.